The molecule has 170 valence electrons. The number of hydrogen-bond donors (Lipinski definition) is 0. The minimum atomic E-state index is -0.662. The molecule has 6 nitrogen and oxygen atoms in total. The number of para-hydroxylation sites is 3. The third-order valence-corrected chi connectivity index (χ3v) is 6.29. The van der Waals surface area contributed by atoms with Gasteiger partial charge in [-0.2, -0.15) is 5.26 Å². The maximum atomic E-state index is 14.7. The van der Waals surface area contributed by atoms with Crippen molar-refractivity contribution in [3.8, 4) is 11.8 Å². The van der Waals surface area contributed by atoms with Crippen LogP contribution in [0.5, 0.6) is 0 Å². The zero-order valence-electron chi connectivity index (χ0n) is 18.4. The summed E-state index contributed by atoms with van der Waals surface area (Å²) in [5, 5.41) is 8.97. The zero-order valence-corrected chi connectivity index (χ0v) is 19.2. The van der Waals surface area contributed by atoms with Crippen LogP contribution in [-0.2, 0) is 4.79 Å². The van der Waals surface area contributed by atoms with Crippen molar-refractivity contribution >= 4 is 34.3 Å². The highest BCUT2D eigenvalue weighted by Crippen LogP contribution is 2.28. The number of nitrogens with zero attached hydrogens (tertiary/aromatic N) is 4. The first-order valence-corrected chi connectivity index (χ1v) is 11.6. The SMILES string of the molecule is CC(Sc1nc2ccccc2c(=O)n1-c1ccccc1F)C(=O)N(CCC#N)c1ccccc1. The van der Waals surface area contributed by atoms with E-state index in [1.807, 2.05) is 18.2 Å². The molecule has 34 heavy (non-hydrogen) atoms. The van der Waals surface area contributed by atoms with E-state index in [1.54, 1.807) is 60.4 Å². The number of nitriles is 1. The number of carbonyl (C=O) groups is 1. The first-order chi connectivity index (χ1) is 16.5. The van der Waals surface area contributed by atoms with Gasteiger partial charge in [0.15, 0.2) is 5.16 Å². The molecule has 0 N–H and O–H groups in total. The van der Waals surface area contributed by atoms with Crippen molar-refractivity contribution < 1.29 is 9.18 Å². The van der Waals surface area contributed by atoms with Crippen molar-refractivity contribution in [2.75, 3.05) is 11.4 Å². The van der Waals surface area contributed by atoms with Crippen molar-refractivity contribution in [2.24, 2.45) is 0 Å². The molecule has 0 aliphatic carbocycles. The van der Waals surface area contributed by atoms with Crippen molar-refractivity contribution in [3.63, 3.8) is 0 Å². The van der Waals surface area contributed by atoms with Crippen LogP contribution in [0.1, 0.15) is 13.3 Å². The topological polar surface area (TPSA) is 79.0 Å². The Morgan fingerprint density at radius 3 is 2.50 bits per heavy atom. The molecule has 4 rings (SSSR count). The fourth-order valence-corrected chi connectivity index (χ4v) is 4.58. The lowest BCUT2D eigenvalue weighted by Crippen LogP contribution is -2.37. The summed E-state index contributed by atoms with van der Waals surface area (Å²) in [6, 6.07) is 24.0. The number of halogens is 1. The second-order valence-corrected chi connectivity index (χ2v) is 8.81. The molecule has 0 radical (unpaired) electrons. The molecule has 3 aromatic carbocycles. The maximum absolute atomic E-state index is 14.7. The average molecular weight is 473 g/mol. The number of amides is 1. The molecule has 1 amide bonds. The standard InChI is InChI=1S/C26H21FN4O2S/c1-18(24(32)30(17-9-16-28)19-10-3-2-4-11-19)34-26-29-22-14-7-5-12-20(22)25(33)31(26)23-15-8-6-13-21(23)27/h2-8,10-15,18H,9,17H2,1H3. The molecule has 0 saturated carbocycles. The molecule has 4 aromatic rings. The number of fused-ring (bicyclic) bond motifs is 1. The van der Waals surface area contributed by atoms with Crippen LogP contribution in [0.15, 0.2) is 88.8 Å². The largest absolute Gasteiger partial charge is 0.310 e. The van der Waals surface area contributed by atoms with Crippen molar-refractivity contribution in [1.82, 2.24) is 9.55 Å². The lowest BCUT2D eigenvalue weighted by Gasteiger charge is -2.25. The van der Waals surface area contributed by atoms with Crippen LogP contribution < -0.4 is 10.5 Å². The molecule has 1 aromatic heterocycles. The lowest BCUT2D eigenvalue weighted by molar-refractivity contribution is -0.117. The molecular weight excluding hydrogens is 451 g/mol. The van der Waals surface area contributed by atoms with Crippen molar-refractivity contribution in [2.45, 2.75) is 23.8 Å². The fraction of sp³-hybridized carbons (Fsp3) is 0.154. The van der Waals surface area contributed by atoms with Gasteiger partial charge in [-0.25, -0.2) is 9.37 Å². The average Bonchev–Trinajstić information content (AvgIpc) is 2.86. The number of anilines is 1. The number of aromatic nitrogens is 2. The summed E-state index contributed by atoms with van der Waals surface area (Å²) >= 11 is 1.08. The van der Waals surface area contributed by atoms with E-state index in [2.05, 4.69) is 11.1 Å². The lowest BCUT2D eigenvalue weighted by atomic mass is 10.2. The second-order valence-electron chi connectivity index (χ2n) is 7.50. The Morgan fingerprint density at radius 1 is 1.09 bits per heavy atom. The highest BCUT2D eigenvalue weighted by atomic mass is 32.2. The summed E-state index contributed by atoms with van der Waals surface area (Å²) in [4.78, 5) is 32.9. The van der Waals surface area contributed by atoms with Gasteiger partial charge in [-0.05, 0) is 43.3 Å². The highest BCUT2D eigenvalue weighted by Gasteiger charge is 2.26. The number of rotatable bonds is 7. The van der Waals surface area contributed by atoms with Crippen LogP contribution >= 0.6 is 11.8 Å². The highest BCUT2D eigenvalue weighted by molar-refractivity contribution is 8.00. The predicted octanol–water partition coefficient (Wildman–Crippen LogP) is 4.95. The molecule has 0 aliphatic rings. The Kier molecular flexibility index (Phi) is 7.04. The fourth-order valence-electron chi connectivity index (χ4n) is 3.60. The molecular formula is C26H21FN4O2S. The van der Waals surface area contributed by atoms with Crippen LogP contribution in [0.4, 0.5) is 10.1 Å². The molecule has 0 fully saturated rings. The van der Waals surface area contributed by atoms with Crippen LogP contribution in [0.25, 0.3) is 16.6 Å². The van der Waals surface area contributed by atoms with Crippen LogP contribution in [0, 0.1) is 17.1 Å². The van der Waals surface area contributed by atoms with Gasteiger partial charge in [0.05, 0.1) is 34.3 Å². The van der Waals surface area contributed by atoms with Gasteiger partial charge in [0.2, 0.25) is 5.91 Å². The van der Waals surface area contributed by atoms with Crippen LogP contribution in [0.2, 0.25) is 0 Å². The second kappa shape index (κ2) is 10.3. The number of benzene rings is 3. The van der Waals surface area contributed by atoms with Gasteiger partial charge in [0.25, 0.3) is 5.56 Å². The molecule has 1 heterocycles. The summed E-state index contributed by atoms with van der Waals surface area (Å²) in [6.45, 7) is 1.94. The Hall–Kier alpha value is -3.96. The molecule has 0 saturated heterocycles. The minimum Gasteiger partial charge on any atom is -0.310 e. The van der Waals surface area contributed by atoms with Crippen LogP contribution in [-0.4, -0.2) is 27.3 Å². The number of hydrogen-bond acceptors (Lipinski definition) is 5. The van der Waals surface area contributed by atoms with E-state index in [4.69, 9.17) is 5.26 Å². The summed E-state index contributed by atoms with van der Waals surface area (Å²) in [5.41, 5.74) is 0.791. The summed E-state index contributed by atoms with van der Waals surface area (Å²) in [7, 11) is 0. The van der Waals surface area contributed by atoms with Gasteiger partial charge in [0.1, 0.15) is 5.82 Å². The summed E-state index contributed by atoms with van der Waals surface area (Å²) in [6.07, 6.45) is 0.173. The molecule has 0 bridgehead atoms. The van der Waals surface area contributed by atoms with Crippen molar-refractivity contribution in [1.29, 1.82) is 5.26 Å². The van der Waals surface area contributed by atoms with Gasteiger partial charge >= 0.3 is 0 Å². The first-order valence-electron chi connectivity index (χ1n) is 10.7. The van der Waals surface area contributed by atoms with Gasteiger partial charge in [-0.3, -0.25) is 14.2 Å². The Morgan fingerprint density at radius 2 is 1.76 bits per heavy atom. The Balaban J connectivity index is 1.77. The van der Waals surface area contributed by atoms with Crippen LogP contribution in [0.3, 0.4) is 0 Å². The quantitative estimate of drug-likeness (QED) is 0.281. The number of carbonyl (C=O) groups excluding carboxylic acids is 1. The normalized spacial score (nSPS) is 11.7. The minimum absolute atomic E-state index is 0.0669. The summed E-state index contributed by atoms with van der Waals surface area (Å²) < 4.78 is 15.9. The third-order valence-electron chi connectivity index (χ3n) is 5.25. The zero-order chi connectivity index (χ0) is 24.1. The van der Waals surface area contributed by atoms with Gasteiger partial charge in [-0.15, -0.1) is 0 Å². The molecule has 0 spiro atoms. The van der Waals surface area contributed by atoms with Crippen molar-refractivity contribution in [3.05, 3.63) is 95.0 Å². The monoisotopic (exact) mass is 472 g/mol. The predicted molar refractivity (Wildman–Crippen MR) is 132 cm³/mol. The van der Waals surface area contributed by atoms with E-state index in [0.29, 0.717) is 16.6 Å². The van der Waals surface area contributed by atoms with Gasteiger partial charge < -0.3 is 4.90 Å². The Labute approximate surface area is 200 Å². The molecule has 1 atom stereocenters. The molecule has 1 unspecified atom stereocenters. The molecule has 0 aliphatic heterocycles. The maximum Gasteiger partial charge on any atom is 0.266 e. The van der Waals surface area contributed by atoms with E-state index in [9.17, 15) is 14.0 Å². The van der Waals surface area contributed by atoms with E-state index in [-0.39, 0.29) is 29.7 Å². The first kappa shape index (κ1) is 23.2. The third kappa shape index (κ3) is 4.70. The smallest absolute Gasteiger partial charge is 0.266 e. The Bertz CT molecular complexity index is 1430. The van der Waals surface area contributed by atoms with E-state index in [0.717, 1.165) is 11.8 Å². The molecule has 8 heteroatoms. The van der Waals surface area contributed by atoms with Gasteiger partial charge in [0, 0.05) is 12.2 Å². The van der Waals surface area contributed by atoms with E-state index in [1.165, 1.54) is 16.7 Å². The van der Waals surface area contributed by atoms with Gasteiger partial charge in [-0.1, -0.05) is 54.2 Å². The number of thioether (sulfide) groups is 1. The summed E-state index contributed by atoms with van der Waals surface area (Å²) in [5.74, 6) is -0.809. The van der Waals surface area contributed by atoms with E-state index >= 15 is 0 Å². The van der Waals surface area contributed by atoms with E-state index < -0.39 is 16.6 Å².